The molecule has 8 heteroatoms. The maximum absolute atomic E-state index is 10.0. The van der Waals surface area contributed by atoms with Gasteiger partial charge in [-0.15, -0.1) is 12.4 Å². The zero-order chi connectivity index (χ0) is 19.8. The lowest BCUT2D eigenvalue weighted by molar-refractivity contribution is 0.101. The second-order valence-corrected chi connectivity index (χ2v) is 6.64. The molecular weight excluding hydrogens is 394 g/mol. The van der Waals surface area contributed by atoms with E-state index in [2.05, 4.69) is 15.5 Å². The summed E-state index contributed by atoms with van der Waals surface area (Å²) < 4.78 is 16.8. The standard InChI is InChI=1S/C21H25N3O4.ClH/c1-15(2)22-12-17(25)13-26-18-10-6-7-11-19(18)27-14-20-23-21(24-28-20)16-8-4-3-5-9-16;/h3-11,15,17,22,25H,12-14H2,1-2H3;1H. The second kappa shape index (κ2) is 11.4. The van der Waals surface area contributed by atoms with Crippen LogP contribution in [-0.2, 0) is 6.61 Å². The van der Waals surface area contributed by atoms with E-state index < -0.39 is 6.10 Å². The molecule has 1 heterocycles. The summed E-state index contributed by atoms with van der Waals surface area (Å²) >= 11 is 0. The number of aliphatic hydroxyl groups is 1. The maximum Gasteiger partial charge on any atom is 0.264 e. The highest BCUT2D eigenvalue weighted by atomic mass is 35.5. The van der Waals surface area contributed by atoms with Crippen molar-refractivity contribution in [1.29, 1.82) is 0 Å². The summed E-state index contributed by atoms with van der Waals surface area (Å²) in [6.07, 6.45) is -0.611. The van der Waals surface area contributed by atoms with Crippen LogP contribution in [0, 0.1) is 0 Å². The van der Waals surface area contributed by atoms with Crippen molar-refractivity contribution < 1.29 is 19.1 Å². The van der Waals surface area contributed by atoms with Gasteiger partial charge >= 0.3 is 0 Å². The van der Waals surface area contributed by atoms with Crippen LogP contribution in [0.5, 0.6) is 11.5 Å². The fraction of sp³-hybridized carbons (Fsp3) is 0.333. The number of rotatable bonds is 10. The van der Waals surface area contributed by atoms with E-state index in [1.165, 1.54) is 0 Å². The topological polar surface area (TPSA) is 89.6 Å². The molecule has 156 valence electrons. The molecule has 0 radical (unpaired) electrons. The Kier molecular flexibility index (Phi) is 8.92. The average molecular weight is 420 g/mol. The summed E-state index contributed by atoms with van der Waals surface area (Å²) in [7, 11) is 0. The highest BCUT2D eigenvalue weighted by Crippen LogP contribution is 2.27. The van der Waals surface area contributed by atoms with Crippen molar-refractivity contribution in [2.75, 3.05) is 13.2 Å². The van der Waals surface area contributed by atoms with E-state index in [0.717, 1.165) is 5.56 Å². The molecule has 0 bridgehead atoms. The summed E-state index contributed by atoms with van der Waals surface area (Å²) in [5.41, 5.74) is 0.880. The summed E-state index contributed by atoms with van der Waals surface area (Å²) in [5, 5.41) is 17.2. The van der Waals surface area contributed by atoms with Crippen LogP contribution in [0.4, 0.5) is 0 Å². The molecule has 3 aromatic rings. The molecule has 1 aromatic heterocycles. The number of nitrogens with one attached hydrogen (secondary N) is 1. The Balaban J connectivity index is 0.00000300. The molecule has 1 atom stereocenters. The van der Waals surface area contributed by atoms with Crippen LogP contribution in [-0.4, -0.2) is 40.5 Å². The van der Waals surface area contributed by atoms with Crippen LogP contribution in [0.25, 0.3) is 11.4 Å². The zero-order valence-electron chi connectivity index (χ0n) is 16.4. The Labute approximate surface area is 176 Å². The first-order valence-corrected chi connectivity index (χ1v) is 9.26. The number of ether oxygens (including phenoxy) is 2. The van der Waals surface area contributed by atoms with Gasteiger partial charge in [0.15, 0.2) is 18.1 Å². The van der Waals surface area contributed by atoms with Gasteiger partial charge in [0.25, 0.3) is 5.89 Å². The lowest BCUT2D eigenvalue weighted by Crippen LogP contribution is -2.35. The van der Waals surface area contributed by atoms with E-state index in [-0.39, 0.29) is 25.6 Å². The zero-order valence-corrected chi connectivity index (χ0v) is 17.3. The fourth-order valence-electron chi connectivity index (χ4n) is 2.46. The van der Waals surface area contributed by atoms with Crippen molar-refractivity contribution in [3.05, 3.63) is 60.5 Å². The SMILES string of the molecule is CC(C)NCC(O)COc1ccccc1OCc1nc(-c2ccccc2)no1.Cl. The second-order valence-electron chi connectivity index (χ2n) is 6.64. The first kappa shape index (κ1) is 22.7. The fourth-order valence-corrected chi connectivity index (χ4v) is 2.46. The van der Waals surface area contributed by atoms with Crippen molar-refractivity contribution in [2.45, 2.75) is 32.6 Å². The minimum Gasteiger partial charge on any atom is -0.487 e. The quantitative estimate of drug-likeness (QED) is 0.520. The van der Waals surface area contributed by atoms with Crippen molar-refractivity contribution in [2.24, 2.45) is 0 Å². The number of benzene rings is 2. The lowest BCUT2D eigenvalue weighted by atomic mass is 10.2. The van der Waals surface area contributed by atoms with Crippen LogP contribution in [0.15, 0.2) is 59.1 Å². The molecule has 0 amide bonds. The van der Waals surface area contributed by atoms with Gasteiger partial charge in [-0.2, -0.15) is 4.98 Å². The number of para-hydroxylation sites is 2. The van der Waals surface area contributed by atoms with Gasteiger partial charge in [-0.1, -0.05) is 61.5 Å². The summed E-state index contributed by atoms with van der Waals surface area (Å²) in [5.74, 6) is 1.99. The summed E-state index contributed by atoms with van der Waals surface area (Å²) in [6.45, 7) is 4.80. The van der Waals surface area contributed by atoms with Gasteiger partial charge in [0.05, 0.1) is 0 Å². The minimum absolute atomic E-state index is 0. The van der Waals surface area contributed by atoms with Crippen LogP contribution in [0.1, 0.15) is 19.7 Å². The Morgan fingerprint density at radius 1 is 1.00 bits per heavy atom. The van der Waals surface area contributed by atoms with Crippen LogP contribution >= 0.6 is 12.4 Å². The normalized spacial score (nSPS) is 11.7. The van der Waals surface area contributed by atoms with Crippen molar-refractivity contribution in [3.63, 3.8) is 0 Å². The Morgan fingerprint density at radius 2 is 1.66 bits per heavy atom. The summed E-state index contributed by atoms with van der Waals surface area (Å²) in [4.78, 5) is 4.35. The molecule has 0 aliphatic carbocycles. The Bertz CT molecular complexity index is 858. The van der Waals surface area contributed by atoms with Gasteiger partial charge in [-0.05, 0) is 12.1 Å². The predicted octanol–water partition coefficient (Wildman–Crippen LogP) is 3.48. The molecule has 0 aliphatic rings. The largest absolute Gasteiger partial charge is 0.487 e. The molecule has 1 unspecified atom stereocenters. The van der Waals surface area contributed by atoms with Gasteiger partial charge in [-0.25, -0.2) is 0 Å². The number of nitrogens with zero attached hydrogens (tertiary/aromatic N) is 2. The number of aromatic nitrogens is 2. The molecule has 0 fully saturated rings. The van der Waals surface area contributed by atoms with Crippen molar-refractivity contribution >= 4 is 12.4 Å². The third-order valence-electron chi connectivity index (χ3n) is 3.89. The minimum atomic E-state index is -0.611. The van der Waals surface area contributed by atoms with E-state index in [4.69, 9.17) is 14.0 Å². The third-order valence-corrected chi connectivity index (χ3v) is 3.89. The van der Waals surface area contributed by atoms with Crippen molar-refractivity contribution in [3.8, 4) is 22.9 Å². The first-order valence-electron chi connectivity index (χ1n) is 9.26. The molecule has 3 rings (SSSR count). The van der Waals surface area contributed by atoms with Crippen LogP contribution in [0.2, 0.25) is 0 Å². The van der Waals surface area contributed by atoms with Gasteiger partial charge in [0.1, 0.15) is 12.7 Å². The van der Waals surface area contributed by atoms with Gasteiger partial charge < -0.3 is 24.4 Å². The average Bonchev–Trinajstić information content (AvgIpc) is 3.19. The molecule has 7 nitrogen and oxygen atoms in total. The van der Waals surface area contributed by atoms with Gasteiger partial charge in [-0.3, -0.25) is 0 Å². The van der Waals surface area contributed by atoms with E-state index >= 15 is 0 Å². The summed E-state index contributed by atoms with van der Waals surface area (Å²) in [6, 6.07) is 17.2. The maximum atomic E-state index is 10.0. The number of halogens is 1. The van der Waals surface area contributed by atoms with Crippen molar-refractivity contribution in [1.82, 2.24) is 15.5 Å². The third kappa shape index (κ3) is 7.05. The first-order chi connectivity index (χ1) is 13.6. The number of hydrogen-bond donors (Lipinski definition) is 2. The molecule has 0 spiro atoms. The molecule has 2 N–H and O–H groups in total. The van der Waals surface area contributed by atoms with E-state index in [1.54, 1.807) is 12.1 Å². The molecular formula is C21H26ClN3O4. The highest BCUT2D eigenvalue weighted by Gasteiger charge is 2.12. The molecule has 0 saturated carbocycles. The Hall–Kier alpha value is -2.61. The van der Waals surface area contributed by atoms with E-state index in [0.29, 0.717) is 35.8 Å². The predicted molar refractivity (Wildman–Crippen MR) is 112 cm³/mol. The van der Waals surface area contributed by atoms with Crippen LogP contribution in [0.3, 0.4) is 0 Å². The Morgan fingerprint density at radius 3 is 2.34 bits per heavy atom. The molecule has 0 aliphatic heterocycles. The smallest absolute Gasteiger partial charge is 0.264 e. The number of hydrogen-bond acceptors (Lipinski definition) is 7. The molecule has 2 aromatic carbocycles. The van der Waals surface area contributed by atoms with E-state index in [1.807, 2.05) is 56.3 Å². The van der Waals surface area contributed by atoms with Gasteiger partial charge in [0, 0.05) is 18.2 Å². The number of aliphatic hydroxyl groups excluding tert-OH is 1. The van der Waals surface area contributed by atoms with E-state index in [9.17, 15) is 5.11 Å². The van der Waals surface area contributed by atoms with Gasteiger partial charge in [0.2, 0.25) is 5.82 Å². The monoisotopic (exact) mass is 419 g/mol. The molecule has 0 saturated heterocycles. The highest BCUT2D eigenvalue weighted by molar-refractivity contribution is 5.85. The van der Waals surface area contributed by atoms with Crippen LogP contribution < -0.4 is 14.8 Å². The lowest BCUT2D eigenvalue weighted by Gasteiger charge is -2.16. The molecule has 29 heavy (non-hydrogen) atoms.